The molecular weight excluding hydrogens is 252 g/mol. The summed E-state index contributed by atoms with van der Waals surface area (Å²) in [5.74, 6) is -0.948. The summed E-state index contributed by atoms with van der Waals surface area (Å²) in [7, 11) is 0. The summed E-state index contributed by atoms with van der Waals surface area (Å²) in [5, 5.41) is 21.9. The molecule has 0 saturated heterocycles. The fourth-order valence-corrected chi connectivity index (χ4v) is 2.69. The van der Waals surface area contributed by atoms with Crippen LogP contribution in [0.25, 0.3) is 0 Å². The Labute approximate surface area is 119 Å². The number of hydrogen-bond donors (Lipinski definition) is 2. The number of carbonyl (C=O) groups excluding carboxylic acids is 1. The summed E-state index contributed by atoms with van der Waals surface area (Å²) in [6.07, 6.45) is 3.56. The lowest BCUT2D eigenvalue weighted by Gasteiger charge is -2.27. The largest absolute Gasteiger partial charge is 0.393 e. The maximum absolute atomic E-state index is 12.1. The molecule has 1 aliphatic carbocycles. The van der Waals surface area contributed by atoms with Crippen molar-refractivity contribution in [2.24, 2.45) is 5.92 Å². The molecule has 1 aromatic carbocycles. The molecule has 4 nitrogen and oxygen atoms in total. The molecule has 1 saturated carbocycles. The maximum atomic E-state index is 12.1. The Bertz CT molecular complexity index is 481. The minimum atomic E-state index is -0.781. The van der Waals surface area contributed by atoms with Crippen LogP contribution in [0.15, 0.2) is 30.3 Å². The zero-order valence-corrected chi connectivity index (χ0v) is 11.5. The van der Waals surface area contributed by atoms with E-state index in [1.54, 1.807) is 12.1 Å². The summed E-state index contributed by atoms with van der Waals surface area (Å²) >= 11 is 0. The molecule has 1 fully saturated rings. The van der Waals surface area contributed by atoms with Gasteiger partial charge in [-0.05, 0) is 18.4 Å². The molecule has 1 aromatic rings. The summed E-state index contributed by atoms with van der Waals surface area (Å²) in [4.78, 5) is 12.1. The van der Waals surface area contributed by atoms with Crippen LogP contribution in [-0.2, 0) is 4.79 Å². The third-order valence-electron chi connectivity index (χ3n) is 3.93. The normalized spacial score (nSPS) is 23.6. The number of nitrogens with one attached hydrogen (secondary N) is 1. The lowest BCUT2D eigenvalue weighted by atomic mass is 9.86. The molecule has 4 heteroatoms. The van der Waals surface area contributed by atoms with Crippen molar-refractivity contribution >= 4 is 5.91 Å². The van der Waals surface area contributed by atoms with E-state index in [1.807, 2.05) is 24.3 Å². The van der Waals surface area contributed by atoms with Crippen LogP contribution < -0.4 is 5.32 Å². The van der Waals surface area contributed by atoms with Gasteiger partial charge < -0.3 is 10.4 Å². The van der Waals surface area contributed by atoms with Gasteiger partial charge in [-0.2, -0.15) is 5.26 Å². The van der Waals surface area contributed by atoms with Crippen molar-refractivity contribution in [3.63, 3.8) is 0 Å². The van der Waals surface area contributed by atoms with E-state index in [0.717, 1.165) is 25.7 Å². The number of aliphatic hydroxyl groups is 1. The number of rotatable bonds is 4. The molecule has 0 heterocycles. The van der Waals surface area contributed by atoms with Crippen molar-refractivity contribution < 1.29 is 9.90 Å². The number of benzene rings is 1. The van der Waals surface area contributed by atoms with E-state index in [-0.39, 0.29) is 17.9 Å². The van der Waals surface area contributed by atoms with Gasteiger partial charge in [0.25, 0.3) is 0 Å². The Morgan fingerprint density at radius 1 is 1.35 bits per heavy atom. The molecule has 1 amide bonds. The zero-order chi connectivity index (χ0) is 14.4. The topological polar surface area (TPSA) is 73.1 Å². The Kier molecular flexibility index (Phi) is 5.14. The van der Waals surface area contributed by atoms with E-state index in [9.17, 15) is 15.2 Å². The fourth-order valence-electron chi connectivity index (χ4n) is 2.69. The van der Waals surface area contributed by atoms with Crippen molar-refractivity contribution in [1.82, 2.24) is 5.32 Å². The Hall–Kier alpha value is -1.86. The molecule has 0 bridgehead atoms. The highest BCUT2D eigenvalue weighted by molar-refractivity contribution is 5.86. The van der Waals surface area contributed by atoms with Crippen LogP contribution in [0.4, 0.5) is 0 Å². The first-order chi connectivity index (χ1) is 9.72. The van der Waals surface area contributed by atoms with Gasteiger partial charge in [0.15, 0.2) is 0 Å². The number of nitriles is 1. The lowest BCUT2D eigenvalue weighted by Crippen LogP contribution is -2.38. The van der Waals surface area contributed by atoms with Gasteiger partial charge in [0.2, 0.25) is 5.91 Å². The van der Waals surface area contributed by atoms with Gasteiger partial charge in [0, 0.05) is 12.5 Å². The highest BCUT2D eigenvalue weighted by atomic mass is 16.3. The van der Waals surface area contributed by atoms with E-state index in [1.165, 1.54) is 0 Å². The minimum Gasteiger partial charge on any atom is -0.393 e. The number of carbonyl (C=O) groups is 1. The third kappa shape index (κ3) is 3.58. The first-order valence-corrected chi connectivity index (χ1v) is 7.12. The zero-order valence-electron chi connectivity index (χ0n) is 11.5. The van der Waals surface area contributed by atoms with Crippen LogP contribution in [0, 0.1) is 17.2 Å². The van der Waals surface area contributed by atoms with Crippen molar-refractivity contribution in [2.75, 3.05) is 6.54 Å². The summed E-state index contributed by atoms with van der Waals surface area (Å²) in [6.45, 7) is 0.449. The third-order valence-corrected chi connectivity index (χ3v) is 3.93. The second-order valence-corrected chi connectivity index (χ2v) is 5.33. The van der Waals surface area contributed by atoms with Crippen LogP contribution >= 0.6 is 0 Å². The maximum Gasteiger partial charge on any atom is 0.241 e. The van der Waals surface area contributed by atoms with Gasteiger partial charge in [0.1, 0.15) is 5.92 Å². The van der Waals surface area contributed by atoms with E-state index in [4.69, 9.17) is 0 Å². The highest BCUT2D eigenvalue weighted by Crippen LogP contribution is 2.24. The number of hydrogen-bond acceptors (Lipinski definition) is 3. The predicted octanol–water partition coefficient (Wildman–Crippen LogP) is 1.96. The molecule has 2 rings (SSSR count). The van der Waals surface area contributed by atoms with Gasteiger partial charge in [-0.3, -0.25) is 4.79 Å². The van der Waals surface area contributed by atoms with E-state index in [0.29, 0.717) is 12.1 Å². The predicted molar refractivity (Wildman–Crippen MR) is 75.8 cm³/mol. The molecule has 0 aromatic heterocycles. The summed E-state index contributed by atoms with van der Waals surface area (Å²) in [6, 6.07) is 11.1. The van der Waals surface area contributed by atoms with Crippen molar-refractivity contribution in [1.29, 1.82) is 5.26 Å². The molecule has 3 unspecified atom stereocenters. The van der Waals surface area contributed by atoms with Crippen molar-refractivity contribution in [2.45, 2.75) is 37.7 Å². The lowest BCUT2D eigenvalue weighted by molar-refractivity contribution is -0.121. The average molecular weight is 272 g/mol. The van der Waals surface area contributed by atoms with Gasteiger partial charge >= 0.3 is 0 Å². The molecule has 2 N–H and O–H groups in total. The monoisotopic (exact) mass is 272 g/mol. The molecule has 0 spiro atoms. The Balaban J connectivity index is 1.92. The molecule has 0 radical (unpaired) electrons. The molecule has 3 atom stereocenters. The number of aliphatic hydroxyl groups excluding tert-OH is 1. The first-order valence-electron chi connectivity index (χ1n) is 7.12. The summed E-state index contributed by atoms with van der Waals surface area (Å²) in [5.41, 5.74) is 0.705. The second-order valence-electron chi connectivity index (χ2n) is 5.33. The molecule has 0 aliphatic heterocycles. The van der Waals surface area contributed by atoms with E-state index < -0.39 is 5.92 Å². The summed E-state index contributed by atoms with van der Waals surface area (Å²) < 4.78 is 0. The quantitative estimate of drug-likeness (QED) is 0.880. The SMILES string of the molecule is N#CC(C(=O)NCC1CCCCC1O)c1ccccc1. The molecular formula is C16H20N2O2. The highest BCUT2D eigenvalue weighted by Gasteiger charge is 2.25. The fraction of sp³-hybridized carbons (Fsp3) is 0.500. The van der Waals surface area contributed by atoms with Gasteiger partial charge in [-0.15, -0.1) is 0 Å². The number of amides is 1. The molecule has 20 heavy (non-hydrogen) atoms. The van der Waals surface area contributed by atoms with E-state index >= 15 is 0 Å². The average Bonchev–Trinajstić information content (AvgIpc) is 2.48. The van der Waals surface area contributed by atoms with Crippen LogP contribution in [0.1, 0.15) is 37.2 Å². The smallest absolute Gasteiger partial charge is 0.241 e. The van der Waals surface area contributed by atoms with Crippen LogP contribution in [0.5, 0.6) is 0 Å². The van der Waals surface area contributed by atoms with Gasteiger partial charge in [0.05, 0.1) is 12.2 Å². The standard InChI is InChI=1S/C16H20N2O2/c17-10-14(12-6-2-1-3-7-12)16(20)18-11-13-8-4-5-9-15(13)19/h1-3,6-7,13-15,19H,4-5,8-9,11H2,(H,18,20). The Morgan fingerprint density at radius 2 is 2.05 bits per heavy atom. The van der Waals surface area contributed by atoms with Crippen LogP contribution in [0.2, 0.25) is 0 Å². The molecule has 1 aliphatic rings. The minimum absolute atomic E-state index is 0.114. The Morgan fingerprint density at radius 3 is 2.70 bits per heavy atom. The molecule has 106 valence electrons. The van der Waals surface area contributed by atoms with Crippen LogP contribution in [0.3, 0.4) is 0 Å². The first kappa shape index (κ1) is 14.5. The van der Waals surface area contributed by atoms with E-state index in [2.05, 4.69) is 5.32 Å². The second kappa shape index (κ2) is 7.06. The van der Waals surface area contributed by atoms with Crippen molar-refractivity contribution in [3.8, 4) is 6.07 Å². The number of nitrogens with zero attached hydrogens (tertiary/aromatic N) is 1. The van der Waals surface area contributed by atoms with Crippen molar-refractivity contribution in [3.05, 3.63) is 35.9 Å². The van der Waals surface area contributed by atoms with Gasteiger partial charge in [-0.1, -0.05) is 43.2 Å². The van der Waals surface area contributed by atoms with Gasteiger partial charge in [-0.25, -0.2) is 0 Å². The van der Waals surface area contributed by atoms with Crippen LogP contribution in [-0.4, -0.2) is 23.7 Å².